The van der Waals surface area contributed by atoms with Crippen LogP contribution in [0.1, 0.15) is 49.2 Å². The molecule has 3 aromatic rings. The number of hydrogen-bond acceptors (Lipinski definition) is 7. The highest BCUT2D eigenvalue weighted by atomic mass is 32.2. The Labute approximate surface area is 217 Å². The summed E-state index contributed by atoms with van der Waals surface area (Å²) in [5.41, 5.74) is 2.37. The van der Waals surface area contributed by atoms with Crippen LogP contribution in [0.5, 0.6) is 0 Å². The topological polar surface area (TPSA) is 119 Å². The lowest BCUT2D eigenvalue weighted by molar-refractivity contribution is -0.156. The number of nitrogens with zero attached hydrogens (tertiary/aromatic N) is 4. The molecule has 0 fully saturated rings. The highest BCUT2D eigenvalue weighted by Gasteiger charge is 2.40. The minimum Gasteiger partial charge on any atom is -0.458 e. The lowest BCUT2D eigenvalue weighted by Gasteiger charge is -2.36. The Bertz CT molecular complexity index is 1390. The Kier molecular flexibility index (Phi) is 7.39. The molecule has 1 aliphatic heterocycles. The van der Waals surface area contributed by atoms with Gasteiger partial charge in [0.2, 0.25) is 10.0 Å². The molecule has 1 aromatic heterocycles. The molecule has 0 saturated carbocycles. The minimum absolute atomic E-state index is 0.0687. The Morgan fingerprint density at radius 3 is 2.57 bits per heavy atom. The van der Waals surface area contributed by atoms with Crippen molar-refractivity contribution in [2.75, 3.05) is 17.7 Å². The standard InChI is InChI=1S/C27H31N5O4S/c1-27(2,3)36-26(33)25(23-15-29-18-30-23)31-17-22(13-19-8-6-5-7-9-19)32(37(4,34)35)16-21-12-20(14-28)10-11-24(21)31/h5-12,15,18,22,25H,13,16-17H2,1-4H3,(H,29,30)/t22-,25?/m1/s1. The number of benzene rings is 2. The summed E-state index contributed by atoms with van der Waals surface area (Å²) < 4.78 is 33.4. The number of esters is 1. The number of anilines is 1. The number of sulfonamides is 1. The molecule has 1 unspecified atom stereocenters. The predicted octanol–water partition coefficient (Wildman–Crippen LogP) is 3.56. The number of carbonyl (C=O) groups is 1. The Hall–Kier alpha value is -3.68. The third-order valence-electron chi connectivity index (χ3n) is 6.14. The maximum Gasteiger partial charge on any atom is 0.335 e. The SMILES string of the molecule is CC(C)(C)OC(=O)C(c1c[nH]cn1)N1C[C@@H](Cc2ccccc2)N(S(C)(=O)=O)Cc2cc(C#N)ccc21. The Morgan fingerprint density at radius 1 is 1.24 bits per heavy atom. The first kappa shape index (κ1) is 26.4. The Balaban J connectivity index is 1.89. The third kappa shape index (κ3) is 6.18. The van der Waals surface area contributed by atoms with Gasteiger partial charge in [0.1, 0.15) is 5.60 Å². The average Bonchev–Trinajstić information content (AvgIpc) is 3.29. The van der Waals surface area contributed by atoms with E-state index in [-0.39, 0.29) is 13.1 Å². The van der Waals surface area contributed by atoms with Crippen molar-refractivity contribution >= 4 is 21.7 Å². The molecule has 0 amide bonds. The molecule has 1 aliphatic rings. The molecule has 2 heterocycles. The molecule has 0 saturated heterocycles. The maximum absolute atomic E-state index is 13.6. The van der Waals surface area contributed by atoms with Crippen LogP contribution >= 0.6 is 0 Å². The van der Waals surface area contributed by atoms with Gasteiger partial charge in [-0.1, -0.05) is 30.3 Å². The van der Waals surface area contributed by atoms with Crippen molar-refractivity contribution < 1.29 is 17.9 Å². The van der Waals surface area contributed by atoms with Crippen molar-refractivity contribution in [2.45, 2.75) is 51.4 Å². The number of imidazole rings is 1. The molecule has 0 aliphatic carbocycles. The number of nitrogens with one attached hydrogen (secondary N) is 1. The molecule has 9 nitrogen and oxygen atoms in total. The molecule has 0 spiro atoms. The van der Waals surface area contributed by atoms with Crippen LogP contribution in [0.25, 0.3) is 0 Å². The number of fused-ring (bicyclic) bond motifs is 1. The van der Waals surface area contributed by atoms with Gasteiger partial charge in [-0.25, -0.2) is 18.2 Å². The van der Waals surface area contributed by atoms with E-state index in [9.17, 15) is 18.5 Å². The van der Waals surface area contributed by atoms with Crippen LogP contribution in [-0.4, -0.2) is 53.1 Å². The van der Waals surface area contributed by atoms with Gasteiger partial charge >= 0.3 is 5.97 Å². The third-order valence-corrected chi connectivity index (χ3v) is 7.42. The average molecular weight is 522 g/mol. The first-order chi connectivity index (χ1) is 17.5. The van der Waals surface area contributed by atoms with Gasteiger partial charge in [-0.15, -0.1) is 0 Å². The zero-order valence-corrected chi connectivity index (χ0v) is 22.2. The molecular formula is C27H31N5O4S. The second kappa shape index (κ2) is 10.4. The lowest BCUT2D eigenvalue weighted by atomic mass is 10.0. The van der Waals surface area contributed by atoms with Crippen molar-refractivity contribution in [2.24, 2.45) is 0 Å². The van der Waals surface area contributed by atoms with Crippen LogP contribution in [0, 0.1) is 11.3 Å². The second-order valence-electron chi connectivity index (χ2n) is 10.2. The number of carbonyl (C=O) groups excluding carboxylic acids is 1. The normalized spacial score (nSPS) is 17.4. The van der Waals surface area contributed by atoms with E-state index >= 15 is 0 Å². The molecule has 0 bridgehead atoms. The maximum atomic E-state index is 13.6. The van der Waals surface area contributed by atoms with Gasteiger partial charge in [0.25, 0.3) is 0 Å². The van der Waals surface area contributed by atoms with Gasteiger partial charge in [-0.2, -0.15) is 9.57 Å². The van der Waals surface area contributed by atoms with Crippen LogP contribution in [-0.2, 0) is 32.5 Å². The van der Waals surface area contributed by atoms with Gasteiger partial charge in [0.15, 0.2) is 6.04 Å². The second-order valence-corrected chi connectivity index (χ2v) is 12.1. The number of nitriles is 1. The quantitative estimate of drug-likeness (QED) is 0.493. The zero-order chi connectivity index (χ0) is 26.8. The number of aromatic amines is 1. The molecule has 0 radical (unpaired) electrons. The number of ether oxygens (including phenoxy) is 1. The number of H-pyrrole nitrogens is 1. The number of rotatable bonds is 6. The summed E-state index contributed by atoms with van der Waals surface area (Å²) in [5.74, 6) is -0.499. The van der Waals surface area contributed by atoms with Gasteiger partial charge < -0.3 is 14.6 Å². The van der Waals surface area contributed by atoms with Crippen LogP contribution in [0.2, 0.25) is 0 Å². The van der Waals surface area contributed by atoms with Gasteiger partial charge in [0.05, 0.1) is 29.9 Å². The van der Waals surface area contributed by atoms with E-state index in [0.717, 1.165) is 5.56 Å². The van der Waals surface area contributed by atoms with Crippen molar-refractivity contribution in [1.29, 1.82) is 5.26 Å². The summed E-state index contributed by atoms with van der Waals surface area (Å²) in [6.45, 7) is 5.67. The summed E-state index contributed by atoms with van der Waals surface area (Å²) >= 11 is 0. The summed E-state index contributed by atoms with van der Waals surface area (Å²) in [5, 5.41) is 9.54. The van der Waals surface area contributed by atoms with Gasteiger partial charge in [0, 0.05) is 31.0 Å². The van der Waals surface area contributed by atoms with Crippen LogP contribution in [0.3, 0.4) is 0 Å². The van der Waals surface area contributed by atoms with Crippen LogP contribution < -0.4 is 4.90 Å². The number of aromatic nitrogens is 2. The van der Waals surface area contributed by atoms with E-state index in [1.807, 2.05) is 35.2 Å². The molecule has 2 atom stereocenters. The summed E-state index contributed by atoms with van der Waals surface area (Å²) in [7, 11) is -3.65. The zero-order valence-electron chi connectivity index (χ0n) is 21.4. The van der Waals surface area contributed by atoms with Crippen LogP contribution in [0.15, 0.2) is 61.1 Å². The van der Waals surface area contributed by atoms with E-state index in [2.05, 4.69) is 16.0 Å². The van der Waals surface area contributed by atoms with Gasteiger partial charge in [-0.3, -0.25) is 0 Å². The van der Waals surface area contributed by atoms with E-state index in [1.165, 1.54) is 16.9 Å². The van der Waals surface area contributed by atoms with E-state index in [1.54, 1.807) is 45.2 Å². The lowest BCUT2D eigenvalue weighted by Crippen LogP contribution is -2.48. The van der Waals surface area contributed by atoms with Crippen LogP contribution in [0.4, 0.5) is 5.69 Å². The highest BCUT2D eigenvalue weighted by Crippen LogP contribution is 2.37. The summed E-state index contributed by atoms with van der Waals surface area (Å²) in [6.07, 6.45) is 4.76. The predicted molar refractivity (Wildman–Crippen MR) is 140 cm³/mol. The molecule has 1 N–H and O–H groups in total. The largest absolute Gasteiger partial charge is 0.458 e. The minimum atomic E-state index is -3.65. The van der Waals surface area contributed by atoms with Crippen molar-refractivity contribution in [3.8, 4) is 6.07 Å². The molecule has 4 rings (SSSR count). The fourth-order valence-corrected chi connectivity index (χ4v) is 5.70. The van der Waals surface area contributed by atoms with E-state index < -0.39 is 33.7 Å². The van der Waals surface area contributed by atoms with E-state index in [4.69, 9.17) is 4.74 Å². The highest BCUT2D eigenvalue weighted by molar-refractivity contribution is 7.88. The van der Waals surface area contributed by atoms with Crippen molar-refractivity contribution in [3.05, 3.63) is 83.4 Å². The smallest absolute Gasteiger partial charge is 0.335 e. The molecule has 2 aromatic carbocycles. The fraction of sp³-hybridized carbons (Fsp3) is 0.370. The summed E-state index contributed by atoms with van der Waals surface area (Å²) in [6, 6.07) is 15.5. The molecule has 10 heteroatoms. The molecular weight excluding hydrogens is 490 g/mol. The monoisotopic (exact) mass is 521 g/mol. The fourth-order valence-electron chi connectivity index (χ4n) is 4.65. The van der Waals surface area contributed by atoms with Crippen molar-refractivity contribution in [1.82, 2.24) is 14.3 Å². The first-order valence-electron chi connectivity index (χ1n) is 12.0. The Morgan fingerprint density at radius 2 is 1.97 bits per heavy atom. The molecule has 194 valence electrons. The van der Waals surface area contributed by atoms with Crippen molar-refractivity contribution in [3.63, 3.8) is 0 Å². The van der Waals surface area contributed by atoms with E-state index in [0.29, 0.717) is 28.9 Å². The van der Waals surface area contributed by atoms with Gasteiger partial charge in [-0.05, 0) is 56.5 Å². The first-order valence-corrected chi connectivity index (χ1v) is 13.8. The summed E-state index contributed by atoms with van der Waals surface area (Å²) in [4.78, 5) is 22.8. The number of hydrogen-bond donors (Lipinski definition) is 1. The molecule has 37 heavy (non-hydrogen) atoms.